The largest absolute Gasteiger partial charge is 0.381 e. The molecule has 1 aromatic carbocycles. The first-order chi connectivity index (χ1) is 12.5. The number of ether oxygens (including phenoxy) is 1. The number of rotatable bonds is 5. The van der Waals surface area contributed by atoms with Crippen LogP contribution in [-0.4, -0.2) is 49.6 Å². The zero-order chi connectivity index (χ0) is 18.5. The number of nitrogens with zero attached hydrogens (tertiary/aromatic N) is 1. The van der Waals surface area contributed by atoms with E-state index in [4.69, 9.17) is 4.74 Å². The monoisotopic (exact) mass is 358 g/mol. The Labute approximate surface area is 156 Å². The second-order valence-corrected chi connectivity index (χ2v) is 7.80. The Morgan fingerprint density at radius 2 is 1.81 bits per heavy atom. The molecule has 0 spiro atoms. The van der Waals surface area contributed by atoms with Crippen molar-refractivity contribution in [1.29, 1.82) is 0 Å². The maximum Gasteiger partial charge on any atom is 0.227 e. The van der Waals surface area contributed by atoms with Crippen molar-refractivity contribution in [1.82, 2.24) is 10.2 Å². The van der Waals surface area contributed by atoms with Crippen LogP contribution in [0.1, 0.15) is 36.0 Å². The van der Waals surface area contributed by atoms with E-state index in [-0.39, 0.29) is 17.7 Å². The van der Waals surface area contributed by atoms with Gasteiger partial charge in [0.15, 0.2) is 0 Å². The number of carbonyl (C=O) groups excluding carboxylic acids is 2. The third-order valence-electron chi connectivity index (χ3n) is 5.43. The minimum atomic E-state index is 0.0902. The first kappa shape index (κ1) is 18.9. The highest BCUT2D eigenvalue weighted by molar-refractivity contribution is 5.79. The Balaban J connectivity index is 1.44. The van der Waals surface area contributed by atoms with Crippen LogP contribution in [-0.2, 0) is 20.7 Å². The highest BCUT2D eigenvalue weighted by atomic mass is 16.5. The molecule has 0 aliphatic carbocycles. The van der Waals surface area contributed by atoms with Gasteiger partial charge in [-0.25, -0.2) is 0 Å². The van der Waals surface area contributed by atoms with Crippen LogP contribution in [0.15, 0.2) is 18.2 Å². The van der Waals surface area contributed by atoms with Crippen LogP contribution in [0.2, 0.25) is 0 Å². The molecular weight excluding hydrogens is 328 g/mol. The Hall–Kier alpha value is -1.88. The van der Waals surface area contributed by atoms with Crippen LogP contribution in [0.3, 0.4) is 0 Å². The van der Waals surface area contributed by atoms with Crippen LogP contribution < -0.4 is 5.32 Å². The number of likely N-dealkylation sites (tertiary alicyclic amines) is 1. The molecule has 2 saturated heterocycles. The number of aryl methyl sites for hydroxylation is 2. The second-order valence-electron chi connectivity index (χ2n) is 7.80. The predicted molar refractivity (Wildman–Crippen MR) is 101 cm³/mol. The fourth-order valence-electron chi connectivity index (χ4n) is 4.03. The summed E-state index contributed by atoms with van der Waals surface area (Å²) < 4.78 is 5.31. The highest BCUT2D eigenvalue weighted by Crippen LogP contribution is 2.19. The van der Waals surface area contributed by atoms with E-state index in [0.717, 1.165) is 37.9 Å². The summed E-state index contributed by atoms with van der Waals surface area (Å²) in [7, 11) is 0. The molecule has 1 aromatic rings. The average Bonchev–Trinajstić information content (AvgIpc) is 3.08. The first-order valence-corrected chi connectivity index (χ1v) is 9.71. The van der Waals surface area contributed by atoms with Crippen LogP contribution >= 0.6 is 0 Å². The van der Waals surface area contributed by atoms with Crippen molar-refractivity contribution in [3.63, 3.8) is 0 Å². The molecule has 2 aliphatic rings. The van der Waals surface area contributed by atoms with Gasteiger partial charge in [-0.05, 0) is 44.6 Å². The van der Waals surface area contributed by atoms with Gasteiger partial charge in [0.1, 0.15) is 0 Å². The molecule has 2 amide bonds. The average molecular weight is 358 g/mol. The molecule has 3 rings (SSSR count). The van der Waals surface area contributed by atoms with Crippen molar-refractivity contribution in [2.45, 2.75) is 39.5 Å². The summed E-state index contributed by atoms with van der Waals surface area (Å²) in [6.07, 6.45) is 3.06. The summed E-state index contributed by atoms with van der Waals surface area (Å²) in [5.41, 5.74) is 3.48. The lowest BCUT2D eigenvalue weighted by Crippen LogP contribution is -2.38. The second kappa shape index (κ2) is 8.67. The van der Waals surface area contributed by atoms with Crippen molar-refractivity contribution >= 4 is 11.8 Å². The minimum absolute atomic E-state index is 0.0902. The summed E-state index contributed by atoms with van der Waals surface area (Å²) in [6.45, 7) is 7.70. The van der Waals surface area contributed by atoms with Crippen molar-refractivity contribution in [3.8, 4) is 0 Å². The van der Waals surface area contributed by atoms with Gasteiger partial charge in [0.05, 0.1) is 6.42 Å². The van der Waals surface area contributed by atoms with E-state index in [1.807, 2.05) is 4.90 Å². The zero-order valence-corrected chi connectivity index (χ0v) is 15.9. The number of amides is 2. The van der Waals surface area contributed by atoms with Gasteiger partial charge in [-0.1, -0.05) is 29.3 Å². The van der Waals surface area contributed by atoms with E-state index >= 15 is 0 Å². The molecule has 1 atom stereocenters. The molecule has 26 heavy (non-hydrogen) atoms. The van der Waals surface area contributed by atoms with Crippen molar-refractivity contribution in [2.24, 2.45) is 11.8 Å². The fraction of sp³-hybridized carbons (Fsp3) is 0.619. The van der Waals surface area contributed by atoms with E-state index in [2.05, 4.69) is 37.4 Å². The molecule has 0 radical (unpaired) electrons. The van der Waals surface area contributed by atoms with Crippen LogP contribution in [0, 0.1) is 25.7 Å². The van der Waals surface area contributed by atoms with Gasteiger partial charge in [0.2, 0.25) is 11.8 Å². The van der Waals surface area contributed by atoms with Gasteiger partial charge in [0, 0.05) is 38.8 Å². The quantitative estimate of drug-likeness (QED) is 0.878. The van der Waals surface area contributed by atoms with Crippen LogP contribution in [0.5, 0.6) is 0 Å². The number of nitrogens with one attached hydrogen (secondary N) is 1. The molecule has 1 N–H and O–H groups in total. The maximum atomic E-state index is 12.6. The van der Waals surface area contributed by atoms with Crippen LogP contribution in [0.25, 0.3) is 0 Å². The van der Waals surface area contributed by atoms with E-state index < -0.39 is 0 Å². The Kier molecular flexibility index (Phi) is 6.30. The molecule has 2 aliphatic heterocycles. The zero-order valence-electron chi connectivity index (χ0n) is 15.9. The number of hydrogen-bond acceptors (Lipinski definition) is 3. The Bertz CT molecular complexity index is 632. The van der Waals surface area contributed by atoms with Crippen molar-refractivity contribution in [3.05, 3.63) is 34.9 Å². The highest BCUT2D eigenvalue weighted by Gasteiger charge is 2.28. The molecule has 2 fully saturated rings. The Morgan fingerprint density at radius 3 is 2.50 bits per heavy atom. The summed E-state index contributed by atoms with van der Waals surface area (Å²) in [5.74, 6) is 0.788. The van der Waals surface area contributed by atoms with E-state index in [1.165, 1.54) is 11.1 Å². The summed E-state index contributed by atoms with van der Waals surface area (Å²) in [5, 5.41) is 3.09. The lowest BCUT2D eigenvalue weighted by atomic mass is 9.99. The van der Waals surface area contributed by atoms with Gasteiger partial charge in [-0.15, -0.1) is 0 Å². The minimum Gasteiger partial charge on any atom is -0.381 e. The first-order valence-electron chi connectivity index (χ1n) is 9.71. The van der Waals surface area contributed by atoms with Gasteiger partial charge in [-0.3, -0.25) is 9.59 Å². The molecule has 5 nitrogen and oxygen atoms in total. The van der Waals surface area contributed by atoms with Crippen molar-refractivity contribution < 1.29 is 14.3 Å². The lowest BCUT2D eigenvalue weighted by molar-refractivity contribution is -0.129. The predicted octanol–water partition coefficient (Wildman–Crippen LogP) is 2.24. The topological polar surface area (TPSA) is 58.6 Å². The van der Waals surface area contributed by atoms with Crippen molar-refractivity contribution in [2.75, 3.05) is 32.8 Å². The lowest BCUT2D eigenvalue weighted by Gasteiger charge is -2.22. The third kappa shape index (κ3) is 5.07. The molecule has 0 bridgehead atoms. The van der Waals surface area contributed by atoms with Gasteiger partial charge in [0.25, 0.3) is 0 Å². The number of carbonyl (C=O) groups is 2. The van der Waals surface area contributed by atoms with Crippen LogP contribution in [0.4, 0.5) is 0 Å². The standard InChI is InChI=1S/C21H30N2O3/c1-15-9-16(2)11-18(10-15)12-20(24)23-6-3-17(14-23)13-22-21(25)19-4-7-26-8-5-19/h9-11,17,19H,3-8,12-14H2,1-2H3,(H,22,25). The Morgan fingerprint density at radius 1 is 1.12 bits per heavy atom. The summed E-state index contributed by atoms with van der Waals surface area (Å²) in [4.78, 5) is 26.8. The SMILES string of the molecule is Cc1cc(C)cc(CC(=O)N2CCC(CNC(=O)C3CCOCC3)C2)c1. The smallest absolute Gasteiger partial charge is 0.227 e. The normalized spacial score (nSPS) is 21.0. The van der Waals surface area contributed by atoms with Gasteiger partial charge < -0.3 is 15.0 Å². The molecule has 2 heterocycles. The fourth-order valence-corrected chi connectivity index (χ4v) is 4.03. The summed E-state index contributed by atoms with van der Waals surface area (Å²) >= 11 is 0. The molecule has 142 valence electrons. The molecular formula is C21H30N2O3. The molecule has 1 unspecified atom stereocenters. The van der Waals surface area contributed by atoms with Gasteiger partial charge >= 0.3 is 0 Å². The van der Waals surface area contributed by atoms with E-state index in [1.54, 1.807) is 0 Å². The number of benzene rings is 1. The summed E-state index contributed by atoms with van der Waals surface area (Å²) in [6, 6.07) is 6.31. The van der Waals surface area contributed by atoms with E-state index in [0.29, 0.717) is 32.1 Å². The van der Waals surface area contributed by atoms with Gasteiger partial charge in [-0.2, -0.15) is 0 Å². The number of hydrogen-bond donors (Lipinski definition) is 1. The molecule has 0 aromatic heterocycles. The molecule has 0 saturated carbocycles. The van der Waals surface area contributed by atoms with E-state index in [9.17, 15) is 9.59 Å². The molecule has 5 heteroatoms. The third-order valence-corrected chi connectivity index (χ3v) is 5.43. The maximum absolute atomic E-state index is 12.6.